The normalized spacial score (nSPS) is 16.1. The Labute approximate surface area is 162 Å². The van der Waals surface area contributed by atoms with E-state index in [0.29, 0.717) is 48.5 Å². The molecule has 1 N–H and O–H groups in total. The summed E-state index contributed by atoms with van der Waals surface area (Å²) in [6.07, 6.45) is 2.79. The van der Waals surface area contributed by atoms with Crippen LogP contribution in [0.5, 0.6) is 5.88 Å². The summed E-state index contributed by atoms with van der Waals surface area (Å²) in [6.45, 7) is 1.40. The van der Waals surface area contributed by atoms with Gasteiger partial charge in [0.05, 0.1) is 12.5 Å². The van der Waals surface area contributed by atoms with E-state index in [-0.39, 0.29) is 5.91 Å². The molecule has 3 rings (SSSR count). The third-order valence-electron chi connectivity index (χ3n) is 4.69. The smallest absolute Gasteiger partial charge is 0.231 e. The van der Waals surface area contributed by atoms with Crippen molar-refractivity contribution < 1.29 is 14.3 Å². The Bertz CT molecular complexity index is 792. The number of nitrogens with zero attached hydrogens (tertiary/aromatic N) is 1. The van der Waals surface area contributed by atoms with Crippen molar-refractivity contribution >= 4 is 29.1 Å². The Kier molecular flexibility index (Phi) is 6.01. The van der Waals surface area contributed by atoms with Crippen LogP contribution in [-0.4, -0.2) is 31.2 Å². The standard InChI is InChI=1S/C19H20Cl2N2O3/c1-25-17-10-13(4-7-22-17)12-23-18(24)19(5-8-26-9-6-19)15-3-2-14(20)11-16(15)21/h2-4,7,10-11H,5-6,8-9,12H2,1H3,(H,23,24). The number of rotatable bonds is 5. The summed E-state index contributed by atoms with van der Waals surface area (Å²) >= 11 is 12.4. The zero-order chi connectivity index (χ0) is 18.6. The predicted octanol–water partition coefficient (Wildman–Crippen LogP) is 3.76. The van der Waals surface area contributed by atoms with Crippen molar-refractivity contribution in [3.8, 4) is 5.88 Å². The van der Waals surface area contributed by atoms with Crippen LogP contribution in [-0.2, 0) is 21.5 Å². The lowest BCUT2D eigenvalue weighted by atomic mass is 9.73. The average Bonchev–Trinajstić information content (AvgIpc) is 2.66. The first kappa shape index (κ1) is 19.0. The van der Waals surface area contributed by atoms with E-state index in [1.165, 1.54) is 0 Å². The highest BCUT2D eigenvalue weighted by Gasteiger charge is 2.42. The zero-order valence-corrected chi connectivity index (χ0v) is 15.9. The van der Waals surface area contributed by atoms with Crippen molar-refractivity contribution in [3.63, 3.8) is 0 Å². The molecule has 0 aliphatic carbocycles. The van der Waals surface area contributed by atoms with Crippen LogP contribution in [0.15, 0.2) is 36.5 Å². The van der Waals surface area contributed by atoms with Crippen molar-refractivity contribution in [1.29, 1.82) is 0 Å². The molecule has 1 aliphatic rings. The van der Waals surface area contributed by atoms with Crippen LogP contribution < -0.4 is 10.1 Å². The van der Waals surface area contributed by atoms with Gasteiger partial charge in [0.2, 0.25) is 11.8 Å². The SMILES string of the molecule is COc1cc(CNC(=O)C2(c3ccc(Cl)cc3Cl)CCOCC2)ccn1. The van der Waals surface area contributed by atoms with Crippen molar-refractivity contribution in [2.24, 2.45) is 0 Å². The van der Waals surface area contributed by atoms with E-state index in [4.69, 9.17) is 32.7 Å². The maximum absolute atomic E-state index is 13.2. The molecule has 2 heterocycles. The number of hydrogen-bond donors (Lipinski definition) is 1. The highest BCUT2D eigenvalue weighted by Crippen LogP contribution is 2.40. The molecule has 0 radical (unpaired) electrons. The molecule has 138 valence electrons. The van der Waals surface area contributed by atoms with Gasteiger partial charge in [-0.2, -0.15) is 0 Å². The fourth-order valence-corrected chi connectivity index (χ4v) is 3.83. The fraction of sp³-hybridized carbons (Fsp3) is 0.368. The second-order valence-corrected chi connectivity index (χ2v) is 7.05. The van der Waals surface area contributed by atoms with Gasteiger partial charge in [-0.25, -0.2) is 4.98 Å². The molecule has 1 aromatic heterocycles. The molecule has 0 unspecified atom stereocenters. The Morgan fingerprint density at radius 2 is 2.04 bits per heavy atom. The van der Waals surface area contributed by atoms with Gasteiger partial charge in [-0.1, -0.05) is 29.3 Å². The lowest BCUT2D eigenvalue weighted by Gasteiger charge is -2.36. The van der Waals surface area contributed by atoms with Crippen molar-refractivity contribution in [2.45, 2.75) is 24.8 Å². The van der Waals surface area contributed by atoms with Crippen LogP contribution in [0.3, 0.4) is 0 Å². The largest absolute Gasteiger partial charge is 0.481 e. The van der Waals surface area contributed by atoms with Gasteiger partial charge >= 0.3 is 0 Å². The van der Waals surface area contributed by atoms with Crippen LogP contribution in [0.25, 0.3) is 0 Å². The van der Waals surface area contributed by atoms with E-state index in [1.54, 1.807) is 31.5 Å². The van der Waals surface area contributed by atoms with Gasteiger partial charge in [0.1, 0.15) is 0 Å². The van der Waals surface area contributed by atoms with Gasteiger partial charge in [-0.15, -0.1) is 0 Å². The van der Waals surface area contributed by atoms with E-state index < -0.39 is 5.41 Å². The van der Waals surface area contributed by atoms with E-state index in [2.05, 4.69) is 10.3 Å². The van der Waals surface area contributed by atoms with Gasteiger partial charge in [0.15, 0.2) is 0 Å². The number of nitrogens with one attached hydrogen (secondary N) is 1. The minimum Gasteiger partial charge on any atom is -0.481 e. The summed E-state index contributed by atoms with van der Waals surface area (Å²) in [6, 6.07) is 8.92. The number of halogens is 2. The summed E-state index contributed by atoms with van der Waals surface area (Å²) < 4.78 is 10.6. The number of pyridine rings is 1. The Morgan fingerprint density at radius 1 is 1.27 bits per heavy atom. The number of benzene rings is 1. The molecule has 2 aromatic rings. The highest BCUT2D eigenvalue weighted by molar-refractivity contribution is 6.35. The van der Waals surface area contributed by atoms with E-state index >= 15 is 0 Å². The van der Waals surface area contributed by atoms with Crippen molar-refractivity contribution in [3.05, 3.63) is 57.7 Å². The van der Waals surface area contributed by atoms with Crippen molar-refractivity contribution in [1.82, 2.24) is 10.3 Å². The molecule has 1 amide bonds. The van der Waals surface area contributed by atoms with Gasteiger partial charge in [-0.05, 0) is 42.2 Å². The molecule has 1 fully saturated rings. The highest BCUT2D eigenvalue weighted by atomic mass is 35.5. The number of amides is 1. The third kappa shape index (κ3) is 3.95. The average molecular weight is 395 g/mol. The third-order valence-corrected chi connectivity index (χ3v) is 5.24. The van der Waals surface area contributed by atoms with Crippen LogP contribution in [0.4, 0.5) is 0 Å². The van der Waals surface area contributed by atoms with E-state index in [0.717, 1.165) is 11.1 Å². The number of aromatic nitrogens is 1. The maximum Gasteiger partial charge on any atom is 0.231 e. The molecule has 1 aromatic carbocycles. The molecule has 0 saturated carbocycles. The number of carbonyl (C=O) groups excluding carboxylic acids is 1. The monoisotopic (exact) mass is 394 g/mol. The maximum atomic E-state index is 13.2. The number of hydrogen-bond acceptors (Lipinski definition) is 4. The lowest BCUT2D eigenvalue weighted by molar-refractivity contribution is -0.130. The van der Waals surface area contributed by atoms with Crippen LogP contribution >= 0.6 is 23.2 Å². The molecule has 5 nitrogen and oxygen atoms in total. The Hall–Kier alpha value is -1.82. The molecule has 0 spiro atoms. The van der Waals surface area contributed by atoms with Crippen LogP contribution in [0.2, 0.25) is 10.0 Å². The molecule has 0 atom stereocenters. The Morgan fingerprint density at radius 3 is 2.73 bits per heavy atom. The van der Waals surface area contributed by atoms with Gasteiger partial charge in [0.25, 0.3) is 0 Å². The molecule has 26 heavy (non-hydrogen) atoms. The first-order valence-electron chi connectivity index (χ1n) is 8.36. The summed E-state index contributed by atoms with van der Waals surface area (Å²) in [5.74, 6) is 0.444. The second kappa shape index (κ2) is 8.25. The van der Waals surface area contributed by atoms with Crippen LogP contribution in [0.1, 0.15) is 24.0 Å². The first-order chi connectivity index (χ1) is 12.5. The second-order valence-electron chi connectivity index (χ2n) is 6.21. The minimum atomic E-state index is -0.725. The summed E-state index contributed by atoms with van der Waals surface area (Å²) in [7, 11) is 1.56. The van der Waals surface area contributed by atoms with E-state index in [1.807, 2.05) is 12.1 Å². The predicted molar refractivity (Wildman–Crippen MR) is 101 cm³/mol. The molecule has 1 aliphatic heterocycles. The Balaban J connectivity index is 1.84. The zero-order valence-electron chi connectivity index (χ0n) is 14.4. The number of carbonyl (C=O) groups is 1. The van der Waals surface area contributed by atoms with Gasteiger partial charge < -0.3 is 14.8 Å². The molecule has 1 saturated heterocycles. The van der Waals surface area contributed by atoms with Crippen molar-refractivity contribution in [2.75, 3.05) is 20.3 Å². The number of ether oxygens (including phenoxy) is 2. The van der Waals surface area contributed by atoms with Crippen LogP contribution in [0, 0.1) is 0 Å². The molecule has 7 heteroatoms. The van der Waals surface area contributed by atoms with E-state index in [9.17, 15) is 4.79 Å². The topological polar surface area (TPSA) is 60.5 Å². The summed E-state index contributed by atoms with van der Waals surface area (Å²) in [5.41, 5.74) is 0.975. The van der Waals surface area contributed by atoms with Gasteiger partial charge in [0, 0.05) is 42.1 Å². The molecular weight excluding hydrogens is 375 g/mol. The van der Waals surface area contributed by atoms with Gasteiger partial charge in [-0.3, -0.25) is 4.79 Å². The number of methoxy groups -OCH3 is 1. The fourth-order valence-electron chi connectivity index (χ4n) is 3.24. The quantitative estimate of drug-likeness (QED) is 0.838. The summed E-state index contributed by atoms with van der Waals surface area (Å²) in [4.78, 5) is 17.3. The minimum absolute atomic E-state index is 0.0687. The molecule has 0 bridgehead atoms. The first-order valence-corrected chi connectivity index (χ1v) is 9.11. The lowest BCUT2D eigenvalue weighted by Crippen LogP contribution is -2.48. The molecular formula is C19H20Cl2N2O3. The summed E-state index contributed by atoms with van der Waals surface area (Å²) in [5, 5.41) is 4.08.